The van der Waals surface area contributed by atoms with Gasteiger partial charge in [-0.25, -0.2) is 0 Å². The van der Waals surface area contributed by atoms with Gasteiger partial charge in [0.2, 0.25) is 0 Å². The van der Waals surface area contributed by atoms with Crippen molar-refractivity contribution in [1.82, 2.24) is 0 Å². The first kappa shape index (κ1) is 14.7. The number of rotatable bonds is 5. The molecular weight excluding hydrogens is 258 g/mol. The molecule has 0 bridgehead atoms. The molecule has 0 aromatic heterocycles. The Balaban J connectivity index is 1.98. The highest BCUT2D eigenvalue weighted by Crippen LogP contribution is 2.32. The van der Waals surface area contributed by atoms with Crippen molar-refractivity contribution in [2.24, 2.45) is 5.73 Å². The molecule has 0 radical (unpaired) electrons. The van der Waals surface area contributed by atoms with Gasteiger partial charge in [-0.15, -0.1) is 0 Å². The zero-order chi connectivity index (χ0) is 14.4. The first-order chi connectivity index (χ1) is 9.70. The zero-order valence-electron chi connectivity index (χ0n) is 11.8. The smallest absolute Gasteiger partial charge is 0.305 e. The van der Waals surface area contributed by atoms with E-state index in [-0.39, 0.29) is 12.0 Å². The van der Waals surface area contributed by atoms with Crippen LogP contribution < -0.4 is 15.2 Å². The molecule has 1 aliphatic heterocycles. The van der Waals surface area contributed by atoms with Crippen molar-refractivity contribution >= 4 is 5.97 Å². The SMILES string of the molecule is CCOC(=O)CCC(N)c1ccc2c(c1)OCCCO2. The van der Waals surface area contributed by atoms with Crippen LogP contribution in [0, 0.1) is 0 Å². The Morgan fingerprint density at radius 1 is 1.35 bits per heavy atom. The second-order valence-electron chi connectivity index (χ2n) is 4.71. The third kappa shape index (κ3) is 3.87. The van der Waals surface area contributed by atoms with Crippen LogP contribution in [-0.2, 0) is 9.53 Å². The quantitative estimate of drug-likeness (QED) is 0.837. The lowest BCUT2D eigenvalue weighted by Gasteiger charge is -2.14. The predicted molar refractivity (Wildman–Crippen MR) is 74.8 cm³/mol. The Hall–Kier alpha value is -1.75. The highest BCUT2D eigenvalue weighted by molar-refractivity contribution is 5.69. The second kappa shape index (κ2) is 7.14. The van der Waals surface area contributed by atoms with E-state index in [9.17, 15) is 4.79 Å². The molecule has 0 fully saturated rings. The number of carbonyl (C=O) groups excluding carboxylic acids is 1. The lowest BCUT2D eigenvalue weighted by atomic mass is 10.0. The van der Waals surface area contributed by atoms with E-state index in [0.717, 1.165) is 23.5 Å². The van der Waals surface area contributed by atoms with Crippen molar-refractivity contribution < 1.29 is 19.0 Å². The first-order valence-electron chi connectivity index (χ1n) is 7.01. The lowest BCUT2D eigenvalue weighted by Crippen LogP contribution is -2.14. The van der Waals surface area contributed by atoms with Gasteiger partial charge in [0.1, 0.15) is 0 Å². The first-order valence-corrected chi connectivity index (χ1v) is 7.01. The minimum absolute atomic E-state index is 0.211. The fraction of sp³-hybridized carbons (Fsp3) is 0.533. The number of esters is 1. The maximum Gasteiger partial charge on any atom is 0.305 e. The Morgan fingerprint density at radius 2 is 2.10 bits per heavy atom. The van der Waals surface area contributed by atoms with E-state index in [0.29, 0.717) is 32.7 Å². The van der Waals surface area contributed by atoms with Gasteiger partial charge in [-0.1, -0.05) is 6.07 Å². The van der Waals surface area contributed by atoms with Crippen LogP contribution in [-0.4, -0.2) is 25.8 Å². The van der Waals surface area contributed by atoms with Gasteiger partial charge >= 0.3 is 5.97 Å². The molecule has 110 valence electrons. The molecule has 0 spiro atoms. The molecule has 1 aromatic rings. The monoisotopic (exact) mass is 279 g/mol. The normalized spacial score (nSPS) is 15.3. The van der Waals surface area contributed by atoms with Gasteiger partial charge < -0.3 is 19.9 Å². The summed E-state index contributed by atoms with van der Waals surface area (Å²) in [5.41, 5.74) is 7.05. The van der Waals surface area contributed by atoms with Crippen LogP contribution in [0.4, 0.5) is 0 Å². The standard InChI is InChI=1S/C15H21NO4/c1-2-18-15(17)7-5-12(16)11-4-6-13-14(10-11)20-9-3-8-19-13/h4,6,10,12H,2-3,5,7-9,16H2,1H3. The summed E-state index contributed by atoms with van der Waals surface area (Å²) in [6, 6.07) is 5.48. The van der Waals surface area contributed by atoms with Crippen molar-refractivity contribution in [2.45, 2.75) is 32.2 Å². The maximum atomic E-state index is 11.3. The number of benzene rings is 1. The van der Waals surface area contributed by atoms with E-state index in [2.05, 4.69) is 0 Å². The summed E-state index contributed by atoms with van der Waals surface area (Å²) >= 11 is 0. The number of carbonyl (C=O) groups is 1. The molecular formula is C15H21NO4. The number of hydrogen-bond donors (Lipinski definition) is 1. The molecule has 0 aliphatic carbocycles. The average molecular weight is 279 g/mol. The van der Waals surface area contributed by atoms with Gasteiger partial charge in [-0.2, -0.15) is 0 Å². The summed E-state index contributed by atoms with van der Waals surface area (Å²) in [6.45, 7) is 3.51. The third-order valence-electron chi connectivity index (χ3n) is 3.16. The zero-order valence-corrected chi connectivity index (χ0v) is 11.8. The molecule has 1 aromatic carbocycles. The highest BCUT2D eigenvalue weighted by Gasteiger charge is 2.15. The number of nitrogens with two attached hydrogens (primary N) is 1. The largest absolute Gasteiger partial charge is 0.490 e. The van der Waals surface area contributed by atoms with E-state index in [1.807, 2.05) is 18.2 Å². The van der Waals surface area contributed by atoms with Crippen molar-refractivity contribution in [2.75, 3.05) is 19.8 Å². The van der Waals surface area contributed by atoms with Crippen LogP contribution in [0.1, 0.15) is 37.8 Å². The summed E-state index contributed by atoms with van der Waals surface area (Å²) in [5, 5.41) is 0. The lowest BCUT2D eigenvalue weighted by molar-refractivity contribution is -0.143. The Kier molecular flexibility index (Phi) is 5.24. The minimum Gasteiger partial charge on any atom is -0.490 e. The highest BCUT2D eigenvalue weighted by atomic mass is 16.5. The van der Waals surface area contributed by atoms with Crippen molar-refractivity contribution in [3.05, 3.63) is 23.8 Å². The van der Waals surface area contributed by atoms with Gasteiger partial charge in [0.05, 0.1) is 19.8 Å². The van der Waals surface area contributed by atoms with Gasteiger partial charge in [0, 0.05) is 18.9 Å². The summed E-state index contributed by atoms with van der Waals surface area (Å²) in [7, 11) is 0. The molecule has 0 amide bonds. The maximum absolute atomic E-state index is 11.3. The third-order valence-corrected chi connectivity index (χ3v) is 3.16. The molecule has 1 atom stereocenters. The number of hydrogen-bond acceptors (Lipinski definition) is 5. The molecule has 1 aliphatic rings. The van der Waals surface area contributed by atoms with Crippen molar-refractivity contribution in [1.29, 1.82) is 0 Å². The summed E-state index contributed by atoms with van der Waals surface area (Å²) in [4.78, 5) is 11.3. The van der Waals surface area contributed by atoms with Crippen LogP contribution in [0.15, 0.2) is 18.2 Å². The van der Waals surface area contributed by atoms with Crippen LogP contribution in [0.3, 0.4) is 0 Å². The molecule has 20 heavy (non-hydrogen) atoms. The molecule has 2 rings (SSSR count). The van der Waals surface area contributed by atoms with Crippen LogP contribution in [0.2, 0.25) is 0 Å². The van der Waals surface area contributed by atoms with Crippen molar-refractivity contribution in [3.63, 3.8) is 0 Å². The van der Waals surface area contributed by atoms with Crippen LogP contribution >= 0.6 is 0 Å². The average Bonchev–Trinajstić information content (AvgIpc) is 2.69. The summed E-state index contributed by atoms with van der Waals surface area (Å²) < 4.78 is 16.1. The molecule has 0 saturated carbocycles. The number of fused-ring (bicyclic) bond motifs is 1. The Bertz CT molecular complexity index is 461. The molecule has 1 unspecified atom stereocenters. The van der Waals surface area contributed by atoms with Crippen LogP contribution in [0.5, 0.6) is 11.5 Å². The van der Waals surface area contributed by atoms with E-state index in [1.165, 1.54) is 0 Å². The number of ether oxygens (including phenoxy) is 3. The van der Waals surface area contributed by atoms with Gasteiger partial charge in [-0.05, 0) is 31.0 Å². The molecule has 2 N–H and O–H groups in total. The van der Waals surface area contributed by atoms with Gasteiger partial charge in [0.25, 0.3) is 0 Å². The molecule has 5 nitrogen and oxygen atoms in total. The van der Waals surface area contributed by atoms with E-state index in [1.54, 1.807) is 6.92 Å². The molecule has 5 heteroatoms. The minimum atomic E-state index is -0.212. The fourth-order valence-corrected chi connectivity index (χ4v) is 2.08. The van der Waals surface area contributed by atoms with E-state index in [4.69, 9.17) is 19.9 Å². The van der Waals surface area contributed by atoms with E-state index >= 15 is 0 Å². The van der Waals surface area contributed by atoms with Crippen LogP contribution in [0.25, 0.3) is 0 Å². The second-order valence-corrected chi connectivity index (χ2v) is 4.71. The summed E-state index contributed by atoms with van der Waals surface area (Å²) in [5.74, 6) is 1.27. The van der Waals surface area contributed by atoms with E-state index < -0.39 is 0 Å². The summed E-state index contributed by atoms with van der Waals surface area (Å²) in [6.07, 6.45) is 1.75. The topological polar surface area (TPSA) is 70.8 Å². The van der Waals surface area contributed by atoms with Gasteiger partial charge in [-0.3, -0.25) is 4.79 Å². The fourth-order valence-electron chi connectivity index (χ4n) is 2.08. The Morgan fingerprint density at radius 3 is 2.85 bits per heavy atom. The Labute approximate surface area is 119 Å². The molecule has 0 saturated heterocycles. The molecule has 1 heterocycles. The predicted octanol–water partition coefficient (Wildman–Crippen LogP) is 2.19. The van der Waals surface area contributed by atoms with Crippen molar-refractivity contribution in [3.8, 4) is 11.5 Å². The van der Waals surface area contributed by atoms with Gasteiger partial charge in [0.15, 0.2) is 11.5 Å².